The number of aromatic nitrogens is 3. The van der Waals surface area contributed by atoms with Crippen molar-refractivity contribution in [3.05, 3.63) is 108 Å². The van der Waals surface area contributed by atoms with Crippen molar-refractivity contribution in [3.8, 4) is 22.5 Å². The molecule has 0 aliphatic carbocycles. The van der Waals surface area contributed by atoms with E-state index in [1.165, 1.54) is 11.1 Å². The second-order valence-electron chi connectivity index (χ2n) is 13.5. The zero-order valence-electron chi connectivity index (χ0n) is 27.7. The molecule has 0 N–H and O–H groups in total. The summed E-state index contributed by atoms with van der Waals surface area (Å²) in [5, 5.41) is 2.09. The minimum atomic E-state index is -1.86. The van der Waals surface area contributed by atoms with Crippen LogP contribution >= 0.6 is 0 Å². The van der Waals surface area contributed by atoms with Crippen LogP contribution in [0.4, 0.5) is 0 Å². The number of furan rings is 1. The second-order valence-corrected chi connectivity index (χ2v) is 24.1. The van der Waals surface area contributed by atoms with Crippen molar-refractivity contribution in [3.63, 3.8) is 0 Å². The summed E-state index contributed by atoms with van der Waals surface area (Å²) < 4.78 is 7.60. The van der Waals surface area contributed by atoms with E-state index in [1.807, 2.05) is 49.5 Å². The van der Waals surface area contributed by atoms with Crippen LogP contribution < -0.4 is 4.40 Å². The molecule has 235 valence electrons. The molecule has 0 saturated carbocycles. The topological polar surface area (TPSA) is 51.8 Å². The van der Waals surface area contributed by atoms with Gasteiger partial charge in [-0.15, -0.1) is 18.2 Å². The van der Waals surface area contributed by atoms with Crippen molar-refractivity contribution in [1.29, 1.82) is 0 Å². The number of benzene rings is 2. The van der Waals surface area contributed by atoms with Gasteiger partial charge in [0, 0.05) is 37.4 Å². The van der Waals surface area contributed by atoms with Gasteiger partial charge in [0.1, 0.15) is 0 Å². The fourth-order valence-corrected chi connectivity index (χ4v) is 8.93. The Hall–Kier alpha value is -3.12. The molecule has 2 aromatic carbocycles. The summed E-state index contributed by atoms with van der Waals surface area (Å²) in [6, 6.07) is 29.2. The van der Waals surface area contributed by atoms with Crippen molar-refractivity contribution in [1.82, 2.24) is 15.0 Å². The quantitative estimate of drug-likeness (QED) is 0.119. The van der Waals surface area contributed by atoms with E-state index in [9.17, 15) is 0 Å². The third-order valence-corrected chi connectivity index (χ3v) is 11.9. The molecule has 0 atom stereocenters. The Labute approximate surface area is 284 Å². The summed E-state index contributed by atoms with van der Waals surface area (Å²) in [6.07, 6.45) is 6.17. The maximum Gasteiger partial charge on any atom is 0.216 e. The van der Waals surface area contributed by atoms with Gasteiger partial charge >= 0.3 is 126 Å². The number of hydrogen-bond acceptors (Lipinski definition) is 4. The summed E-state index contributed by atoms with van der Waals surface area (Å²) in [5.41, 5.74) is 9.14. The third kappa shape index (κ3) is 8.58. The Morgan fingerprint density at radius 3 is 2.27 bits per heavy atom. The third-order valence-electron chi connectivity index (χ3n) is 7.57. The molecule has 0 unspecified atom stereocenters. The van der Waals surface area contributed by atoms with Crippen molar-refractivity contribution in [2.75, 3.05) is 0 Å². The van der Waals surface area contributed by atoms with Crippen LogP contribution in [0.5, 0.6) is 0 Å². The molecule has 0 saturated heterocycles. The van der Waals surface area contributed by atoms with E-state index in [-0.39, 0.29) is 20.1 Å². The predicted molar refractivity (Wildman–Crippen MR) is 187 cm³/mol. The first kappa shape index (κ1) is 34.7. The summed E-state index contributed by atoms with van der Waals surface area (Å²) in [7, 11) is 0. The Kier molecular flexibility index (Phi) is 11.6. The maximum atomic E-state index is 6.06. The number of aryl methyl sites for hydroxylation is 1. The van der Waals surface area contributed by atoms with E-state index in [4.69, 9.17) is 9.40 Å². The molecule has 0 spiro atoms. The first-order valence-electron chi connectivity index (χ1n) is 15.6. The zero-order chi connectivity index (χ0) is 31.4. The van der Waals surface area contributed by atoms with Crippen molar-refractivity contribution in [2.45, 2.75) is 64.7 Å². The summed E-state index contributed by atoms with van der Waals surface area (Å²) >= 11 is -1.86. The molecule has 45 heavy (non-hydrogen) atoms. The van der Waals surface area contributed by atoms with Crippen LogP contribution in [0.25, 0.3) is 44.6 Å². The van der Waals surface area contributed by atoms with E-state index >= 15 is 0 Å². The Balaban J connectivity index is 0.000000204. The molecular weight excluding hydrogens is 791 g/mol. The summed E-state index contributed by atoms with van der Waals surface area (Å²) in [5.74, 6) is 8.60. The molecule has 4 nitrogen and oxygen atoms in total. The van der Waals surface area contributed by atoms with Crippen LogP contribution in [0.3, 0.4) is 0 Å². The first-order valence-corrected chi connectivity index (χ1v) is 23.0. The average molecular weight is 835 g/mol. The van der Waals surface area contributed by atoms with Gasteiger partial charge < -0.3 is 9.40 Å². The summed E-state index contributed by atoms with van der Waals surface area (Å²) in [6.45, 7) is 11.0. The predicted octanol–water partition coefficient (Wildman–Crippen LogP) is 9.64. The number of nitrogens with zero attached hydrogens (tertiary/aromatic N) is 3. The Bertz CT molecular complexity index is 1870. The van der Waals surface area contributed by atoms with E-state index < -0.39 is 13.3 Å². The fraction of sp³-hybridized carbons (Fsp3) is 0.308. The minimum absolute atomic E-state index is 0. The van der Waals surface area contributed by atoms with Gasteiger partial charge in [-0.25, -0.2) is 4.98 Å². The van der Waals surface area contributed by atoms with Crippen LogP contribution in [0.2, 0.25) is 17.3 Å². The Morgan fingerprint density at radius 2 is 1.58 bits per heavy atom. The molecule has 0 fully saturated rings. The van der Waals surface area contributed by atoms with E-state index in [1.54, 1.807) is 4.40 Å². The number of fused-ring (bicyclic) bond motifs is 3. The van der Waals surface area contributed by atoms with Crippen molar-refractivity contribution >= 4 is 39.7 Å². The smallest absolute Gasteiger partial charge is 0.216 e. The van der Waals surface area contributed by atoms with Crippen molar-refractivity contribution < 1.29 is 24.5 Å². The van der Waals surface area contributed by atoms with Gasteiger partial charge in [-0.05, 0) is 43.2 Å². The molecular formula is C39H43GeIrN3O-2. The zero-order valence-corrected chi connectivity index (χ0v) is 32.2. The molecule has 0 aliphatic rings. The number of pyridine rings is 3. The largest absolute Gasteiger partial charge is 0.486 e. The van der Waals surface area contributed by atoms with Gasteiger partial charge in [0.05, 0.1) is 5.58 Å². The van der Waals surface area contributed by atoms with Crippen LogP contribution in [-0.2, 0) is 32.9 Å². The molecule has 6 rings (SSSR count). The Morgan fingerprint density at radius 1 is 0.800 bits per heavy atom. The normalized spacial score (nSPS) is 11.5. The molecule has 1 radical (unpaired) electrons. The molecule has 0 aliphatic heterocycles. The second kappa shape index (κ2) is 15.0. The molecule has 6 aromatic rings. The SMILES string of the molecule is CC(C)Cc1cc(-c2[c-]cccc2)nc[c]1[Ge]([CH3])([CH3])[CH3].Cc1ccc2c(n1)oc1c(-c3cc(CC(C)C)ccn3)[c-]ccc12.[Ir]. The van der Waals surface area contributed by atoms with Gasteiger partial charge in [0.2, 0.25) is 5.71 Å². The first-order chi connectivity index (χ1) is 21.0. The van der Waals surface area contributed by atoms with Gasteiger partial charge in [0.15, 0.2) is 0 Å². The van der Waals surface area contributed by atoms with Gasteiger partial charge in [0.25, 0.3) is 0 Å². The average Bonchev–Trinajstić information content (AvgIpc) is 3.34. The van der Waals surface area contributed by atoms with E-state index in [0.29, 0.717) is 17.5 Å². The van der Waals surface area contributed by atoms with E-state index in [2.05, 4.69) is 104 Å². The standard InChI is InChI=1S/C21H19N2O.C18H24GeN.Ir/c1-13(2)11-15-9-10-22-19(12-15)18-6-4-5-16-17-8-7-14(3)23-21(17)24-20(16)18;1-14(2)11-16-12-18(15-9-7-6-8-10-15)20-13-17(16)19(3,4)5;/h4-5,7-10,12-13H,11H2,1-3H3;6-9,12-14H,11H2,1-5H3;/q2*-1;. The van der Waals surface area contributed by atoms with Gasteiger partial charge in [-0.1, -0.05) is 36.4 Å². The van der Waals surface area contributed by atoms with Crippen LogP contribution in [0.15, 0.2) is 83.5 Å². The van der Waals surface area contributed by atoms with Crippen LogP contribution in [0, 0.1) is 30.9 Å². The molecule has 6 heteroatoms. The van der Waals surface area contributed by atoms with Gasteiger partial charge in [-0.2, -0.15) is 0 Å². The molecule has 4 heterocycles. The monoisotopic (exact) mass is 836 g/mol. The van der Waals surface area contributed by atoms with Crippen LogP contribution in [0.1, 0.15) is 44.5 Å². The van der Waals surface area contributed by atoms with Gasteiger partial charge in [-0.3, -0.25) is 0 Å². The molecule has 4 aromatic heterocycles. The van der Waals surface area contributed by atoms with E-state index in [0.717, 1.165) is 57.4 Å². The van der Waals surface area contributed by atoms with Crippen LogP contribution in [-0.4, -0.2) is 28.2 Å². The summed E-state index contributed by atoms with van der Waals surface area (Å²) in [4.78, 5) is 13.7. The molecule has 0 bridgehead atoms. The molecule has 0 amide bonds. The number of hydrogen-bond donors (Lipinski definition) is 0. The fourth-order valence-electron chi connectivity index (χ4n) is 5.60. The van der Waals surface area contributed by atoms with Crippen molar-refractivity contribution in [2.24, 2.45) is 11.8 Å². The number of rotatable bonds is 7. The minimum Gasteiger partial charge on any atom is -0.486 e. The maximum absolute atomic E-state index is 6.06.